The van der Waals surface area contributed by atoms with Crippen LogP contribution in [0.1, 0.15) is 6.92 Å². The molecular formula is C10H13N5O2S. The highest BCUT2D eigenvalue weighted by atomic mass is 32.2. The van der Waals surface area contributed by atoms with E-state index in [1.165, 1.54) is 24.5 Å². The molecule has 0 saturated heterocycles. The zero-order chi connectivity index (χ0) is 13.2. The number of nitrogen functional groups attached to an aromatic ring is 1. The largest absolute Gasteiger partial charge is 0.384 e. The van der Waals surface area contributed by atoms with E-state index >= 15 is 0 Å². The average Bonchev–Trinajstić information content (AvgIpc) is 2.76. The van der Waals surface area contributed by atoms with Crippen molar-refractivity contribution in [2.24, 2.45) is 0 Å². The standard InChI is InChI=1S/C10H13N5O2S/c1-2-15-7-8(5-13-15)14-18(16,17)9-3-4-10(11)12-6-9/h3-7,14H,2H2,1H3,(H2,11,12). The summed E-state index contributed by atoms with van der Waals surface area (Å²) in [6.45, 7) is 2.58. The lowest BCUT2D eigenvalue weighted by molar-refractivity contribution is 0.601. The highest BCUT2D eigenvalue weighted by Gasteiger charge is 2.15. The van der Waals surface area contributed by atoms with Crippen molar-refractivity contribution in [2.45, 2.75) is 18.4 Å². The lowest BCUT2D eigenvalue weighted by Crippen LogP contribution is -2.13. The number of anilines is 2. The Bertz CT molecular complexity index is 633. The molecule has 0 saturated carbocycles. The first-order valence-corrected chi connectivity index (χ1v) is 6.76. The van der Waals surface area contributed by atoms with Crippen molar-refractivity contribution in [3.05, 3.63) is 30.7 Å². The Balaban J connectivity index is 2.24. The minimum Gasteiger partial charge on any atom is -0.384 e. The summed E-state index contributed by atoms with van der Waals surface area (Å²) in [4.78, 5) is 3.80. The third kappa shape index (κ3) is 2.59. The van der Waals surface area contributed by atoms with Crippen molar-refractivity contribution in [2.75, 3.05) is 10.5 Å². The molecule has 8 heteroatoms. The van der Waals surface area contributed by atoms with Crippen LogP contribution in [0.2, 0.25) is 0 Å². The minimum absolute atomic E-state index is 0.0564. The third-order valence-electron chi connectivity index (χ3n) is 2.28. The summed E-state index contributed by atoms with van der Waals surface area (Å²) >= 11 is 0. The second-order valence-electron chi connectivity index (χ2n) is 3.61. The molecule has 7 nitrogen and oxygen atoms in total. The van der Waals surface area contributed by atoms with Crippen LogP contribution in [0.15, 0.2) is 35.6 Å². The average molecular weight is 267 g/mol. The van der Waals surface area contributed by atoms with E-state index in [-0.39, 0.29) is 10.7 Å². The molecule has 0 unspecified atom stereocenters. The van der Waals surface area contributed by atoms with Crippen molar-refractivity contribution in [1.29, 1.82) is 0 Å². The van der Waals surface area contributed by atoms with Crippen LogP contribution in [0.3, 0.4) is 0 Å². The maximum Gasteiger partial charge on any atom is 0.263 e. The highest BCUT2D eigenvalue weighted by Crippen LogP contribution is 2.15. The molecule has 0 aliphatic heterocycles. The van der Waals surface area contributed by atoms with Crippen molar-refractivity contribution < 1.29 is 8.42 Å². The number of aromatic nitrogens is 3. The van der Waals surface area contributed by atoms with Crippen LogP contribution in [0, 0.1) is 0 Å². The SMILES string of the molecule is CCn1cc(NS(=O)(=O)c2ccc(N)nc2)cn1. The Morgan fingerprint density at radius 3 is 2.72 bits per heavy atom. The first-order chi connectivity index (χ1) is 8.51. The molecule has 96 valence electrons. The van der Waals surface area contributed by atoms with E-state index in [9.17, 15) is 8.42 Å². The van der Waals surface area contributed by atoms with E-state index < -0.39 is 10.0 Å². The number of sulfonamides is 1. The Morgan fingerprint density at radius 2 is 2.17 bits per heavy atom. The zero-order valence-corrected chi connectivity index (χ0v) is 10.6. The predicted molar refractivity (Wildman–Crippen MR) is 67.4 cm³/mol. The second-order valence-corrected chi connectivity index (χ2v) is 5.29. The highest BCUT2D eigenvalue weighted by molar-refractivity contribution is 7.92. The second kappa shape index (κ2) is 4.65. The molecule has 0 atom stereocenters. The van der Waals surface area contributed by atoms with Gasteiger partial charge in [0.2, 0.25) is 0 Å². The van der Waals surface area contributed by atoms with Gasteiger partial charge in [-0.25, -0.2) is 13.4 Å². The molecule has 18 heavy (non-hydrogen) atoms. The smallest absolute Gasteiger partial charge is 0.263 e. The van der Waals surface area contributed by atoms with Crippen LogP contribution in [0.25, 0.3) is 0 Å². The molecule has 2 rings (SSSR count). The molecule has 2 aromatic heterocycles. The molecule has 3 N–H and O–H groups in total. The quantitative estimate of drug-likeness (QED) is 0.848. The molecule has 0 aliphatic rings. The van der Waals surface area contributed by atoms with E-state index in [1.807, 2.05) is 6.92 Å². The van der Waals surface area contributed by atoms with E-state index in [4.69, 9.17) is 5.73 Å². The molecule has 0 amide bonds. The topological polar surface area (TPSA) is 103 Å². The fourth-order valence-electron chi connectivity index (χ4n) is 1.35. The summed E-state index contributed by atoms with van der Waals surface area (Å²) in [5.41, 5.74) is 5.82. The van der Waals surface area contributed by atoms with Gasteiger partial charge in [-0.05, 0) is 19.1 Å². The maximum absolute atomic E-state index is 12.0. The molecule has 0 fully saturated rings. The number of pyridine rings is 1. The van der Waals surface area contributed by atoms with Crippen molar-refractivity contribution in [3.63, 3.8) is 0 Å². The van der Waals surface area contributed by atoms with Crippen LogP contribution >= 0.6 is 0 Å². The Kier molecular flexibility index (Phi) is 3.19. The first-order valence-electron chi connectivity index (χ1n) is 5.28. The molecule has 0 bridgehead atoms. The van der Waals surface area contributed by atoms with E-state index in [2.05, 4.69) is 14.8 Å². The maximum atomic E-state index is 12.0. The number of nitrogens with zero attached hydrogens (tertiary/aromatic N) is 3. The van der Waals surface area contributed by atoms with Gasteiger partial charge in [0, 0.05) is 18.9 Å². The van der Waals surface area contributed by atoms with Crippen molar-refractivity contribution >= 4 is 21.5 Å². The fraction of sp³-hybridized carbons (Fsp3) is 0.200. The molecule has 2 heterocycles. The van der Waals surface area contributed by atoms with E-state index in [1.54, 1.807) is 10.9 Å². The van der Waals surface area contributed by atoms with Gasteiger partial charge in [0.25, 0.3) is 10.0 Å². The van der Waals surface area contributed by atoms with Gasteiger partial charge >= 0.3 is 0 Å². The molecule has 0 radical (unpaired) electrons. The summed E-state index contributed by atoms with van der Waals surface area (Å²) in [6, 6.07) is 2.83. The zero-order valence-electron chi connectivity index (χ0n) is 9.74. The number of aryl methyl sites for hydroxylation is 1. The molecular weight excluding hydrogens is 254 g/mol. The monoisotopic (exact) mass is 267 g/mol. The van der Waals surface area contributed by atoms with Gasteiger partial charge in [-0.3, -0.25) is 9.40 Å². The summed E-state index contributed by atoms with van der Waals surface area (Å²) < 4.78 is 28.0. The molecule has 0 aromatic carbocycles. The van der Waals surface area contributed by atoms with Gasteiger partial charge in [0.05, 0.1) is 11.9 Å². The molecule has 2 aromatic rings. The number of rotatable bonds is 4. The summed E-state index contributed by atoms with van der Waals surface area (Å²) in [5.74, 6) is 0.271. The number of nitrogens with two attached hydrogens (primary N) is 1. The van der Waals surface area contributed by atoms with Crippen LogP contribution in [-0.4, -0.2) is 23.2 Å². The van der Waals surface area contributed by atoms with Gasteiger partial charge in [-0.15, -0.1) is 0 Å². The lowest BCUT2D eigenvalue weighted by Gasteiger charge is -2.05. The number of nitrogens with one attached hydrogen (secondary N) is 1. The lowest BCUT2D eigenvalue weighted by atomic mass is 10.5. The molecule has 0 aliphatic carbocycles. The van der Waals surface area contributed by atoms with Gasteiger partial charge in [0.15, 0.2) is 0 Å². The first kappa shape index (κ1) is 12.4. The van der Waals surface area contributed by atoms with Gasteiger partial charge in [0.1, 0.15) is 10.7 Å². The Hall–Kier alpha value is -2.09. The normalized spacial score (nSPS) is 11.4. The van der Waals surface area contributed by atoms with E-state index in [0.717, 1.165) is 0 Å². The van der Waals surface area contributed by atoms with Crippen LogP contribution in [0.4, 0.5) is 11.5 Å². The van der Waals surface area contributed by atoms with E-state index in [0.29, 0.717) is 12.2 Å². The van der Waals surface area contributed by atoms with Crippen molar-refractivity contribution in [3.8, 4) is 0 Å². The summed E-state index contributed by atoms with van der Waals surface area (Å²) in [5, 5.41) is 3.98. The molecule has 0 spiro atoms. The Labute approximate surface area is 105 Å². The summed E-state index contributed by atoms with van der Waals surface area (Å²) in [7, 11) is -3.65. The van der Waals surface area contributed by atoms with Crippen LogP contribution < -0.4 is 10.5 Å². The van der Waals surface area contributed by atoms with Gasteiger partial charge in [-0.1, -0.05) is 0 Å². The number of hydrogen-bond acceptors (Lipinski definition) is 5. The summed E-state index contributed by atoms with van der Waals surface area (Å²) in [6.07, 6.45) is 4.27. The third-order valence-corrected chi connectivity index (χ3v) is 3.65. The van der Waals surface area contributed by atoms with Gasteiger partial charge in [-0.2, -0.15) is 5.10 Å². The van der Waals surface area contributed by atoms with Crippen LogP contribution in [0.5, 0.6) is 0 Å². The number of hydrogen-bond donors (Lipinski definition) is 2. The van der Waals surface area contributed by atoms with Gasteiger partial charge < -0.3 is 5.73 Å². The Morgan fingerprint density at radius 1 is 1.39 bits per heavy atom. The minimum atomic E-state index is -3.65. The predicted octanol–water partition coefficient (Wildman–Crippen LogP) is 0.681. The van der Waals surface area contributed by atoms with Crippen LogP contribution in [-0.2, 0) is 16.6 Å². The van der Waals surface area contributed by atoms with Crippen molar-refractivity contribution in [1.82, 2.24) is 14.8 Å². The fourth-order valence-corrected chi connectivity index (χ4v) is 2.33.